The summed E-state index contributed by atoms with van der Waals surface area (Å²) in [5, 5.41) is 6.54. The van der Waals surface area contributed by atoms with E-state index in [0.717, 1.165) is 24.2 Å². The van der Waals surface area contributed by atoms with Crippen LogP contribution in [0.4, 0.5) is 21.6 Å². The van der Waals surface area contributed by atoms with E-state index in [1.54, 1.807) is 18.2 Å². The van der Waals surface area contributed by atoms with Crippen molar-refractivity contribution in [2.45, 2.75) is 6.42 Å². The predicted molar refractivity (Wildman–Crippen MR) is 122 cm³/mol. The average Bonchev–Trinajstić information content (AvgIpc) is 3.23. The second kappa shape index (κ2) is 8.52. The number of nitrogens with zero attached hydrogens (tertiary/aromatic N) is 3. The Morgan fingerprint density at radius 3 is 2.81 bits per heavy atom. The fourth-order valence-electron chi connectivity index (χ4n) is 4.78. The van der Waals surface area contributed by atoms with Crippen molar-refractivity contribution in [3.8, 4) is 5.75 Å². The molecule has 166 valence electrons. The number of ether oxygens (including phenoxy) is 1. The van der Waals surface area contributed by atoms with Gasteiger partial charge in [-0.1, -0.05) is 11.6 Å². The van der Waals surface area contributed by atoms with Gasteiger partial charge in [0.2, 0.25) is 6.41 Å². The van der Waals surface area contributed by atoms with Crippen molar-refractivity contribution >= 4 is 46.1 Å². The molecule has 5 rings (SSSR count). The lowest BCUT2D eigenvalue weighted by Crippen LogP contribution is -2.19. The van der Waals surface area contributed by atoms with Crippen LogP contribution in [0.3, 0.4) is 0 Å². The number of amides is 1. The van der Waals surface area contributed by atoms with Crippen LogP contribution in [0.5, 0.6) is 5.75 Å². The van der Waals surface area contributed by atoms with E-state index in [1.165, 1.54) is 31.5 Å². The molecule has 1 aliphatic heterocycles. The molecule has 1 saturated heterocycles. The minimum absolute atomic E-state index is 0.0128. The Balaban J connectivity index is 1.35. The quantitative estimate of drug-likeness (QED) is 0.493. The third-order valence-electron chi connectivity index (χ3n) is 6.40. The van der Waals surface area contributed by atoms with E-state index in [2.05, 4.69) is 32.5 Å². The summed E-state index contributed by atoms with van der Waals surface area (Å²) in [6.07, 6.45) is 3.06. The number of halogens is 2. The SMILES string of the molecule is CN1CC2C(CCOc3cc4ncnc(Nc5ccc(F)c(Cl)c5)c4cc3NC=O)C2C1. The van der Waals surface area contributed by atoms with Crippen LogP contribution in [0.1, 0.15) is 6.42 Å². The molecule has 2 heterocycles. The molecule has 2 aromatic carbocycles. The van der Waals surface area contributed by atoms with Gasteiger partial charge in [-0.15, -0.1) is 0 Å². The highest BCUT2D eigenvalue weighted by Gasteiger charge is 2.53. The number of hydrogen-bond acceptors (Lipinski definition) is 6. The number of benzene rings is 2. The number of rotatable bonds is 8. The number of carbonyl (C=O) groups is 1. The van der Waals surface area contributed by atoms with E-state index in [1.807, 2.05) is 0 Å². The molecule has 2 fully saturated rings. The molecule has 1 aliphatic carbocycles. The summed E-state index contributed by atoms with van der Waals surface area (Å²) in [7, 11) is 2.17. The van der Waals surface area contributed by atoms with Gasteiger partial charge in [0.1, 0.15) is 23.7 Å². The second-order valence-electron chi connectivity index (χ2n) is 8.45. The molecular weight excluding hydrogens is 433 g/mol. The van der Waals surface area contributed by atoms with Crippen molar-refractivity contribution in [1.29, 1.82) is 0 Å². The first-order valence-corrected chi connectivity index (χ1v) is 10.9. The molecule has 1 saturated carbocycles. The zero-order valence-electron chi connectivity index (χ0n) is 17.5. The number of anilines is 3. The van der Waals surface area contributed by atoms with E-state index in [0.29, 0.717) is 46.9 Å². The van der Waals surface area contributed by atoms with Gasteiger partial charge in [0, 0.05) is 30.2 Å². The van der Waals surface area contributed by atoms with Gasteiger partial charge in [-0.05, 0) is 55.5 Å². The maximum Gasteiger partial charge on any atom is 0.211 e. The molecule has 1 aromatic heterocycles. The van der Waals surface area contributed by atoms with Crippen LogP contribution in [0.25, 0.3) is 10.9 Å². The molecule has 3 aromatic rings. The summed E-state index contributed by atoms with van der Waals surface area (Å²) < 4.78 is 19.5. The van der Waals surface area contributed by atoms with Gasteiger partial charge in [-0.25, -0.2) is 14.4 Å². The molecule has 1 amide bonds. The molecule has 0 spiro atoms. The molecule has 0 bridgehead atoms. The van der Waals surface area contributed by atoms with Crippen LogP contribution in [-0.2, 0) is 4.79 Å². The number of likely N-dealkylation sites (tertiary alicyclic amines) is 1. The van der Waals surface area contributed by atoms with Crippen LogP contribution in [-0.4, -0.2) is 48.0 Å². The molecule has 9 heteroatoms. The van der Waals surface area contributed by atoms with Crippen molar-refractivity contribution in [2.24, 2.45) is 17.8 Å². The first kappa shape index (κ1) is 20.9. The highest BCUT2D eigenvalue weighted by atomic mass is 35.5. The van der Waals surface area contributed by atoms with E-state index >= 15 is 0 Å². The molecule has 2 atom stereocenters. The Hall–Kier alpha value is -2.97. The monoisotopic (exact) mass is 455 g/mol. The summed E-state index contributed by atoms with van der Waals surface area (Å²) in [4.78, 5) is 22.2. The topological polar surface area (TPSA) is 79.4 Å². The van der Waals surface area contributed by atoms with Crippen LogP contribution in [0, 0.1) is 23.6 Å². The maximum atomic E-state index is 13.5. The van der Waals surface area contributed by atoms with Crippen molar-refractivity contribution in [3.63, 3.8) is 0 Å². The average molecular weight is 456 g/mol. The molecular formula is C23H23ClFN5O2. The van der Waals surface area contributed by atoms with Gasteiger partial charge in [-0.3, -0.25) is 4.79 Å². The maximum absolute atomic E-state index is 13.5. The molecule has 7 nitrogen and oxygen atoms in total. The molecule has 2 aliphatic rings. The highest BCUT2D eigenvalue weighted by molar-refractivity contribution is 6.31. The van der Waals surface area contributed by atoms with E-state index in [4.69, 9.17) is 16.3 Å². The van der Waals surface area contributed by atoms with E-state index < -0.39 is 5.82 Å². The first-order chi connectivity index (χ1) is 15.5. The van der Waals surface area contributed by atoms with Gasteiger partial charge in [-0.2, -0.15) is 0 Å². The van der Waals surface area contributed by atoms with Crippen molar-refractivity contribution in [3.05, 3.63) is 47.5 Å². The number of fused-ring (bicyclic) bond motifs is 2. The summed E-state index contributed by atoms with van der Waals surface area (Å²) in [6, 6.07) is 7.91. The highest BCUT2D eigenvalue weighted by Crippen LogP contribution is 2.53. The molecule has 2 N–H and O–H groups in total. The van der Waals surface area contributed by atoms with Crippen molar-refractivity contribution in [1.82, 2.24) is 14.9 Å². The second-order valence-corrected chi connectivity index (χ2v) is 8.86. The molecule has 2 unspecified atom stereocenters. The van der Waals surface area contributed by atoms with Gasteiger partial charge in [0.15, 0.2) is 0 Å². The molecule has 32 heavy (non-hydrogen) atoms. The lowest BCUT2D eigenvalue weighted by molar-refractivity contribution is -0.105. The lowest BCUT2D eigenvalue weighted by Gasteiger charge is -2.15. The normalized spacial score (nSPS) is 21.9. The van der Waals surface area contributed by atoms with Crippen LogP contribution < -0.4 is 15.4 Å². The van der Waals surface area contributed by atoms with Crippen molar-refractivity contribution < 1.29 is 13.9 Å². The van der Waals surface area contributed by atoms with Gasteiger partial charge in [0.05, 0.1) is 22.8 Å². The number of aromatic nitrogens is 2. The zero-order valence-corrected chi connectivity index (χ0v) is 18.3. The first-order valence-electron chi connectivity index (χ1n) is 10.6. The van der Waals surface area contributed by atoms with Crippen LogP contribution >= 0.6 is 11.6 Å². The lowest BCUT2D eigenvalue weighted by atomic mass is 10.1. The number of hydrogen-bond donors (Lipinski definition) is 2. The van der Waals surface area contributed by atoms with Gasteiger partial charge < -0.3 is 20.3 Å². The fraction of sp³-hybridized carbons (Fsp3) is 0.348. The fourth-order valence-corrected chi connectivity index (χ4v) is 4.96. The Kier molecular flexibility index (Phi) is 5.57. The predicted octanol–water partition coefficient (Wildman–Crippen LogP) is 4.31. The van der Waals surface area contributed by atoms with Gasteiger partial charge in [0.25, 0.3) is 0 Å². The number of carbonyl (C=O) groups excluding carboxylic acids is 1. The smallest absolute Gasteiger partial charge is 0.211 e. The zero-order chi connectivity index (χ0) is 22.2. The Morgan fingerprint density at radius 2 is 2.06 bits per heavy atom. The summed E-state index contributed by atoms with van der Waals surface area (Å²) in [5.74, 6) is 2.92. The Bertz CT molecular complexity index is 1160. The van der Waals surface area contributed by atoms with Crippen molar-refractivity contribution in [2.75, 3.05) is 37.4 Å². The van der Waals surface area contributed by atoms with Crippen LogP contribution in [0.15, 0.2) is 36.7 Å². The number of nitrogens with one attached hydrogen (secondary N) is 2. The van der Waals surface area contributed by atoms with Crippen LogP contribution in [0.2, 0.25) is 5.02 Å². The summed E-state index contributed by atoms with van der Waals surface area (Å²) in [5.41, 5.74) is 1.78. The Labute approximate surface area is 189 Å². The van der Waals surface area contributed by atoms with Gasteiger partial charge >= 0.3 is 0 Å². The summed E-state index contributed by atoms with van der Waals surface area (Å²) >= 11 is 5.88. The summed E-state index contributed by atoms with van der Waals surface area (Å²) in [6.45, 7) is 2.94. The minimum atomic E-state index is -0.495. The standard InChI is InChI=1S/C23H23ClFN5O2/c1-30-9-16-14(17(16)10-30)4-5-32-22-8-20-15(7-21(22)28-12-31)23(27-11-26-20)29-13-2-3-19(25)18(24)6-13/h2-3,6-8,11-12,14,16-17H,4-5,9-10H2,1H3,(H,28,31)(H,26,27,29). The Morgan fingerprint density at radius 1 is 1.25 bits per heavy atom. The number of piperidine rings is 1. The minimum Gasteiger partial charge on any atom is -0.491 e. The largest absolute Gasteiger partial charge is 0.491 e. The van der Waals surface area contributed by atoms with E-state index in [9.17, 15) is 9.18 Å². The van der Waals surface area contributed by atoms with E-state index in [-0.39, 0.29) is 5.02 Å². The molecule has 0 radical (unpaired) electrons. The third-order valence-corrected chi connectivity index (χ3v) is 6.69. The third kappa shape index (κ3) is 4.08.